The molecule has 1 N–H and O–H groups in total. The Hall–Kier alpha value is -4.18. The van der Waals surface area contributed by atoms with E-state index < -0.39 is 0 Å². The molecule has 7 heteroatoms. The maximum Gasteiger partial charge on any atom is 0.274 e. The number of nitrogens with one attached hydrogen (secondary N) is 1. The zero-order valence-corrected chi connectivity index (χ0v) is 16.6. The minimum absolute atomic E-state index is 0.0738. The maximum atomic E-state index is 11.3. The van der Waals surface area contributed by atoms with Gasteiger partial charge in [-0.3, -0.25) is 10.1 Å². The number of para-hydroxylation sites is 1. The second-order valence-corrected chi connectivity index (χ2v) is 7.16. The minimum Gasteiger partial charge on any atom is -0.343 e. The van der Waals surface area contributed by atoms with Crippen molar-refractivity contribution >= 4 is 28.4 Å². The van der Waals surface area contributed by atoms with E-state index in [1.165, 1.54) is 6.07 Å². The number of aromatic nitrogens is 3. The Bertz CT molecular complexity index is 1300. The zero-order valence-electron chi connectivity index (χ0n) is 16.6. The Morgan fingerprint density at radius 2 is 2.00 bits per heavy atom. The normalized spacial score (nSPS) is 11.6. The third-order valence-electron chi connectivity index (χ3n) is 5.16. The molecule has 0 bridgehead atoms. The lowest BCUT2D eigenvalue weighted by molar-refractivity contribution is -0.385. The van der Waals surface area contributed by atoms with Gasteiger partial charge in [0, 0.05) is 23.5 Å². The van der Waals surface area contributed by atoms with Gasteiger partial charge in [-0.1, -0.05) is 18.2 Å². The number of nitriles is 1. The van der Waals surface area contributed by atoms with E-state index in [0.717, 1.165) is 27.9 Å². The molecule has 148 valence electrons. The number of hydrogen-bond donors (Lipinski definition) is 1. The van der Waals surface area contributed by atoms with Crippen molar-refractivity contribution in [2.45, 2.75) is 20.4 Å². The van der Waals surface area contributed by atoms with Crippen molar-refractivity contribution in [1.29, 1.82) is 5.26 Å². The number of imidazole rings is 1. The van der Waals surface area contributed by atoms with Gasteiger partial charge in [-0.05, 0) is 55.3 Å². The molecule has 2 aromatic heterocycles. The number of aryl methyl sites for hydroxylation is 2. The summed E-state index contributed by atoms with van der Waals surface area (Å²) in [5.41, 5.74) is 5.81. The van der Waals surface area contributed by atoms with Crippen LogP contribution in [0.25, 0.3) is 22.7 Å². The first-order valence-electron chi connectivity index (χ1n) is 9.43. The van der Waals surface area contributed by atoms with Crippen LogP contribution in [0, 0.1) is 35.3 Å². The Labute approximate surface area is 173 Å². The molecule has 2 aromatic carbocycles. The molecular formula is C23H19N5O2. The van der Waals surface area contributed by atoms with E-state index in [2.05, 4.69) is 16.0 Å². The molecule has 0 aliphatic rings. The van der Waals surface area contributed by atoms with Gasteiger partial charge in [-0.2, -0.15) is 5.26 Å². The summed E-state index contributed by atoms with van der Waals surface area (Å²) >= 11 is 0. The highest BCUT2D eigenvalue weighted by molar-refractivity contribution is 5.90. The van der Waals surface area contributed by atoms with Gasteiger partial charge in [0.25, 0.3) is 5.69 Å². The minimum atomic E-state index is -0.382. The smallest absolute Gasteiger partial charge is 0.274 e. The Balaban J connectivity index is 1.71. The average Bonchev–Trinajstić information content (AvgIpc) is 3.33. The van der Waals surface area contributed by atoms with Crippen LogP contribution in [0.5, 0.6) is 0 Å². The number of allylic oxidation sites excluding steroid dienone is 1. The van der Waals surface area contributed by atoms with Crippen molar-refractivity contribution in [3.8, 4) is 6.07 Å². The van der Waals surface area contributed by atoms with Crippen LogP contribution in [0.1, 0.15) is 28.2 Å². The summed E-state index contributed by atoms with van der Waals surface area (Å²) in [6, 6.07) is 16.6. The summed E-state index contributed by atoms with van der Waals surface area (Å²) in [6.07, 6.45) is 3.58. The molecule has 30 heavy (non-hydrogen) atoms. The fourth-order valence-electron chi connectivity index (χ4n) is 3.41. The molecule has 0 saturated heterocycles. The number of nitrogens with zero attached hydrogens (tertiary/aromatic N) is 4. The summed E-state index contributed by atoms with van der Waals surface area (Å²) in [4.78, 5) is 18.7. The predicted octanol–water partition coefficient (Wildman–Crippen LogP) is 5.00. The summed E-state index contributed by atoms with van der Waals surface area (Å²) < 4.78 is 1.87. The molecule has 0 unspecified atom stereocenters. The SMILES string of the molecule is Cc1cc2nc(/C(C#N)=C/c3cccn3Cc3ccccc3[N+](=O)[O-])[nH]c2cc1C. The third kappa shape index (κ3) is 3.59. The number of rotatable bonds is 5. The molecule has 0 aliphatic heterocycles. The van der Waals surface area contributed by atoms with Crippen molar-refractivity contribution in [3.05, 3.63) is 93.1 Å². The average molecular weight is 397 g/mol. The Kier molecular flexibility index (Phi) is 4.90. The largest absolute Gasteiger partial charge is 0.343 e. The molecule has 4 rings (SSSR count). The van der Waals surface area contributed by atoms with Crippen LogP contribution in [0.15, 0.2) is 54.7 Å². The van der Waals surface area contributed by atoms with Crippen molar-refractivity contribution in [2.24, 2.45) is 0 Å². The predicted molar refractivity (Wildman–Crippen MR) is 116 cm³/mol. The Morgan fingerprint density at radius 3 is 2.77 bits per heavy atom. The topological polar surface area (TPSA) is 101 Å². The van der Waals surface area contributed by atoms with Crippen LogP contribution >= 0.6 is 0 Å². The van der Waals surface area contributed by atoms with Crippen LogP contribution in [0.3, 0.4) is 0 Å². The fourth-order valence-corrected chi connectivity index (χ4v) is 3.41. The molecule has 0 saturated carbocycles. The van der Waals surface area contributed by atoms with Crippen LogP contribution < -0.4 is 0 Å². The van der Waals surface area contributed by atoms with Gasteiger partial charge in [0.05, 0.1) is 28.1 Å². The third-order valence-corrected chi connectivity index (χ3v) is 5.16. The molecule has 2 heterocycles. The number of benzene rings is 2. The lowest BCUT2D eigenvalue weighted by Crippen LogP contribution is -2.03. The highest BCUT2D eigenvalue weighted by Crippen LogP contribution is 2.24. The van der Waals surface area contributed by atoms with Crippen molar-refractivity contribution in [2.75, 3.05) is 0 Å². The lowest BCUT2D eigenvalue weighted by atomic mass is 10.1. The first kappa shape index (κ1) is 19.2. The number of fused-ring (bicyclic) bond motifs is 1. The fraction of sp³-hybridized carbons (Fsp3) is 0.130. The molecule has 0 spiro atoms. The van der Waals surface area contributed by atoms with Crippen LogP contribution in [-0.2, 0) is 6.54 Å². The molecule has 0 radical (unpaired) electrons. The highest BCUT2D eigenvalue weighted by atomic mass is 16.6. The molecule has 0 aliphatic carbocycles. The molecule has 0 amide bonds. The van der Waals surface area contributed by atoms with Crippen LogP contribution in [-0.4, -0.2) is 19.5 Å². The summed E-state index contributed by atoms with van der Waals surface area (Å²) in [7, 11) is 0. The number of hydrogen-bond acceptors (Lipinski definition) is 4. The standard InChI is InChI=1S/C23H19N5O2/c1-15-10-20-21(11-16(15)2)26-23(25-20)18(13-24)12-19-7-5-9-27(19)14-17-6-3-4-8-22(17)28(29)30/h3-12H,14H2,1-2H3,(H,25,26)/b18-12+. The van der Waals surface area contributed by atoms with Gasteiger partial charge in [-0.25, -0.2) is 4.98 Å². The Morgan fingerprint density at radius 1 is 1.23 bits per heavy atom. The van der Waals surface area contributed by atoms with Gasteiger partial charge in [-0.15, -0.1) is 0 Å². The number of nitro groups is 1. The number of aromatic amines is 1. The number of H-pyrrole nitrogens is 1. The first-order chi connectivity index (χ1) is 14.5. The monoisotopic (exact) mass is 397 g/mol. The summed E-state index contributed by atoms with van der Waals surface area (Å²) in [5, 5.41) is 21.0. The maximum absolute atomic E-state index is 11.3. The van der Waals surface area contributed by atoms with Gasteiger partial charge in [0.15, 0.2) is 0 Å². The second-order valence-electron chi connectivity index (χ2n) is 7.16. The van der Waals surface area contributed by atoms with E-state index in [9.17, 15) is 15.4 Å². The summed E-state index contributed by atoms with van der Waals surface area (Å²) in [6.45, 7) is 4.39. The van der Waals surface area contributed by atoms with E-state index in [1.807, 2.05) is 48.9 Å². The number of nitro benzene ring substituents is 1. The van der Waals surface area contributed by atoms with Crippen molar-refractivity contribution in [3.63, 3.8) is 0 Å². The second kappa shape index (κ2) is 7.68. The van der Waals surface area contributed by atoms with E-state index >= 15 is 0 Å². The van der Waals surface area contributed by atoms with Gasteiger partial charge in [0.2, 0.25) is 0 Å². The van der Waals surface area contributed by atoms with E-state index in [4.69, 9.17) is 0 Å². The molecule has 4 aromatic rings. The van der Waals surface area contributed by atoms with E-state index in [-0.39, 0.29) is 10.6 Å². The summed E-state index contributed by atoms with van der Waals surface area (Å²) in [5.74, 6) is 0.496. The zero-order chi connectivity index (χ0) is 21.3. The molecular weight excluding hydrogens is 378 g/mol. The van der Waals surface area contributed by atoms with Crippen molar-refractivity contribution < 1.29 is 4.92 Å². The van der Waals surface area contributed by atoms with Crippen LogP contribution in [0.4, 0.5) is 5.69 Å². The quantitative estimate of drug-likeness (QED) is 0.291. The van der Waals surface area contributed by atoms with Crippen molar-refractivity contribution in [1.82, 2.24) is 14.5 Å². The van der Waals surface area contributed by atoms with Gasteiger partial charge in [0.1, 0.15) is 11.9 Å². The lowest BCUT2D eigenvalue weighted by Gasteiger charge is -2.07. The van der Waals surface area contributed by atoms with E-state index in [0.29, 0.717) is 23.5 Å². The van der Waals surface area contributed by atoms with E-state index in [1.54, 1.807) is 24.3 Å². The first-order valence-corrected chi connectivity index (χ1v) is 9.43. The van der Waals surface area contributed by atoms with Gasteiger partial charge >= 0.3 is 0 Å². The molecule has 7 nitrogen and oxygen atoms in total. The van der Waals surface area contributed by atoms with Gasteiger partial charge < -0.3 is 9.55 Å². The highest BCUT2D eigenvalue weighted by Gasteiger charge is 2.14. The van der Waals surface area contributed by atoms with Crippen LogP contribution in [0.2, 0.25) is 0 Å². The molecule has 0 fully saturated rings. The molecule has 0 atom stereocenters.